The fraction of sp³-hybridized carbons (Fsp3) is 0.316. The third-order valence-electron chi connectivity index (χ3n) is 4.76. The fourth-order valence-electron chi connectivity index (χ4n) is 3.59. The molecular weight excluding hydrogens is 367 g/mol. The van der Waals surface area contributed by atoms with Crippen molar-refractivity contribution in [1.82, 2.24) is 5.32 Å². The molecular formula is C19H17ClF3NO2. The second-order valence-corrected chi connectivity index (χ2v) is 7.50. The number of alkyl halides is 3. The first kappa shape index (κ1) is 18.6. The minimum absolute atomic E-state index is 0.303. The number of carboxylic acid groups (broad SMARTS) is 1. The van der Waals surface area contributed by atoms with Crippen molar-refractivity contribution in [3.8, 4) is 11.1 Å². The predicted molar refractivity (Wildman–Crippen MR) is 93.3 cm³/mol. The highest BCUT2D eigenvalue weighted by molar-refractivity contribution is 6.34. The van der Waals surface area contributed by atoms with Crippen LogP contribution in [0.2, 0.25) is 5.02 Å². The average Bonchev–Trinajstić information content (AvgIpc) is 2.75. The number of benzene rings is 2. The van der Waals surface area contributed by atoms with Crippen molar-refractivity contribution in [2.45, 2.75) is 32.5 Å². The van der Waals surface area contributed by atoms with E-state index in [1.54, 1.807) is 24.3 Å². The van der Waals surface area contributed by atoms with Gasteiger partial charge in [0.05, 0.1) is 16.6 Å². The number of hydrogen-bond donors (Lipinski definition) is 2. The minimum atomic E-state index is -4.53. The lowest BCUT2D eigenvalue weighted by Gasteiger charge is -2.27. The molecule has 0 heterocycles. The monoisotopic (exact) mass is 383 g/mol. The van der Waals surface area contributed by atoms with Crippen molar-refractivity contribution in [3.05, 3.63) is 58.1 Å². The standard InChI is InChI=1S/C19H17ClF3NO2/c1-18(2)9-11-8-10(6-7-13(11)16(18)24-17(25)26)12-4-3-5-14(15(12)20)19(21,22)23/h3-8,16,24H,9H2,1-2H3,(H,25,26). The Balaban J connectivity index is 2.06. The van der Waals surface area contributed by atoms with E-state index in [1.165, 1.54) is 6.07 Å². The van der Waals surface area contributed by atoms with Gasteiger partial charge >= 0.3 is 12.3 Å². The number of halogens is 4. The van der Waals surface area contributed by atoms with Gasteiger partial charge in [-0.15, -0.1) is 0 Å². The molecule has 0 radical (unpaired) electrons. The largest absolute Gasteiger partial charge is 0.465 e. The van der Waals surface area contributed by atoms with Gasteiger partial charge in [-0.3, -0.25) is 0 Å². The molecule has 2 aromatic rings. The summed E-state index contributed by atoms with van der Waals surface area (Å²) < 4.78 is 39.3. The van der Waals surface area contributed by atoms with Crippen LogP contribution in [0, 0.1) is 5.41 Å². The number of nitrogens with one attached hydrogen (secondary N) is 1. The molecule has 0 saturated carbocycles. The zero-order valence-electron chi connectivity index (χ0n) is 14.1. The molecule has 2 aromatic carbocycles. The van der Waals surface area contributed by atoms with Gasteiger partial charge in [0.1, 0.15) is 0 Å². The van der Waals surface area contributed by atoms with E-state index in [0.717, 1.165) is 17.2 Å². The van der Waals surface area contributed by atoms with Crippen LogP contribution in [0.25, 0.3) is 11.1 Å². The zero-order valence-corrected chi connectivity index (χ0v) is 14.9. The molecule has 1 aliphatic carbocycles. The number of rotatable bonds is 2. The first-order valence-electron chi connectivity index (χ1n) is 7.99. The predicted octanol–water partition coefficient (Wildman–Crippen LogP) is 5.92. The second-order valence-electron chi connectivity index (χ2n) is 7.13. The Hall–Kier alpha value is -2.21. The SMILES string of the molecule is CC1(C)Cc2cc(-c3cccc(C(F)(F)F)c3Cl)ccc2C1NC(=O)O. The molecule has 3 rings (SSSR count). The van der Waals surface area contributed by atoms with E-state index in [1.807, 2.05) is 13.8 Å². The summed E-state index contributed by atoms with van der Waals surface area (Å²) in [6, 6.07) is 8.69. The van der Waals surface area contributed by atoms with E-state index in [-0.39, 0.29) is 16.5 Å². The molecule has 1 atom stereocenters. The van der Waals surface area contributed by atoms with Gasteiger partial charge in [-0.05, 0) is 34.6 Å². The summed E-state index contributed by atoms with van der Waals surface area (Å²) in [4.78, 5) is 11.1. The van der Waals surface area contributed by atoms with Crippen LogP contribution < -0.4 is 5.32 Å². The molecule has 0 fully saturated rings. The van der Waals surface area contributed by atoms with Crippen LogP contribution in [0.4, 0.5) is 18.0 Å². The molecule has 0 spiro atoms. The Morgan fingerprint density at radius 2 is 1.96 bits per heavy atom. The Kier molecular flexibility index (Phi) is 4.43. The Morgan fingerprint density at radius 1 is 1.27 bits per heavy atom. The first-order chi connectivity index (χ1) is 12.0. The molecule has 0 saturated heterocycles. The molecule has 0 bridgehead atoms. The van der Waals surface area contributed by atoms with Crippen LogP contribution in [0.3, 0.4) is 0 Å². The van der Waals surface area contributed by atoms with E-state index in [9.17, 15) is 18.0 Å². The van der Waals surface area contributed by atoms with Crippen molar-refractivity contribution in [2.75, 3.05) is 0 Å². The fourth-order valence-corrected chi connectivity index (χ4v) is 3.93. The van der Waals surface area contributed by atoms with Crippen LogP contribution in [-0.2, 0) is 12.6 Å². The molecule has 7 heteroatoms. The molecule has 0 aromatic heterocycles. The molecule has 1 unspecified atom stereocenters. The van der Waals surface area contributed by atoms with Gasteiger partial charge in [0.25, 0.3) is 0 Å². The maximum atomic E-state index is 13.1. The van der Waals surface area contributed by atoms with Crippen molar-refractivity contribution in [1.29, 1.82) is 0 Å². The Labute approximate surface area is 153 Å². The first-order valence-corrected chi connectivity index (χ1v) is 8.37. The Morgan fingerprint density at radius 3 is 2.58 bits per heavy atom. The molecule has 138 valence electrons. The molecule has 0 aliphatic heterocycles. The third-order valence-corrected chi connectivity index (χ3v) is 5.17. The van der Waals surface area contributed by atoms with Crippen LogP contribution in [0.1, 0.15) is 36.6 Å². The van der Waals surface area contributed by atoms with Gasteiger partial charge in [0.15, 0.2) is 0 Å². The van der Waals surface area contributed by atoms with E-state index < -0.39 is 17.8 Å². The van der Waals surface area contributed by atoms with E-state index >= 15 is 0 Å². The van der Waals surface area contributed by atoms with E-state index in [4.69, 9.17) is 16.7 Å². The number of carbonyl (C=O) groups is 1. The van der Waals surface area contributed by atoms with Crippen LogP contribution in [0.5, 0.6) is 0 Å². The molecule has 3 nitrogen and oxygen atoms in total. The zero-order chi connectivity index (χ0) is 19.3. The number of hydrogen-bond acceptors (Lipinski definition) is 1. The van der Waals surface area contributed by atoms with Crippen molar-refractivity contribution >= 4 is 17.7 Å². The van der Waals surface area contributed by atoms with E-state index in [0.29, 0.717) is 17.5 Å². The highest BCUT2D eigenvalue weighted by Gasteiger charge is 2.40. The lowest BCUT2D eigenvalue weighted by Crippen LogP contribution is -2.34. The highest BCUT2D eigenvalue weighted by Crippen LogP contribution is 2.47. The van der Waals surface area contributed by atoms with Crippen molar-refractivity contribution < 1.29 is 23.1 Å². The third kappa shape index (κ3) is 3.26. The maximum Gasteiger partial charge on any atom is 0.417 e. The quantitative estimate of drug-likeness (QED) is 0.676. The summed E-state index contributed by atoms with van der Waals surface area (Å²) in [6.45, 7) is 3.90. The lowest BCUT2D eigenvalue weighted by molar-refractivity contribution is -0.137. The minimum Gasteiger partial charge on any atom is -0.465 e. The molecule has 26 heavy (non-hydrogen) atoms. The molecule has 2 N–H and O–H groups in total. The van der Waals surface area contributed by atoms with E-state index in [2.05, 4.69) is 5.32 Å². The van der Waals surface area contributed by atoms with Crippen molar-refractivity contribution in [3.63, 3.8) is 0 Å². The van der Waals surface area contributed by atoms with Gasteiger partial charge < -0.3 is 10.4 Å². The average molecular weight is 384 g/mol. The summed E-state index contributed by atoms with van der Waals surface area (Å²) in [5, 5.41) is 11.3. The second kappa shape index (κ2) is 6.20. The van der Waals surface area contributed by atoms with Gasteiger partial charge in [-0.2, -0.15) is 13.2 Å². The van der Waals surface area contributed by atoms with Crippen LogP contribution in [0.15, 0.2) is 36.4 Å². The smallest absolute Gasteiger partial charge is 0.417 e. The summed E-state index contributed by atoms with van der Waals surface area (Å²) in [5.41, 5.74) is 1.41. The summed E-state index contributed by atoms with van der Waals surface area (Å²) in [6.07, 6.45) is -5.03. The summed E-state index contributed by atoms with van der Waals surface area (Å²) >= 11 is 6.02. The van der Waals surface area contributed by atoms with Crippen molar-refractivity contribution in [2.24, 2.45) is 5.41 Å². The molecule has 1 amide bonds. The number of amides is 1. The normalized spacial score (nSPS) is 18.5. The van der Waals surface area contributed by atoms with Gasteiger partial charge in [0, 0.05) is 5.56 Å². The lowest BCUT2D eigenvalue weighted by atomic mass is 9.85. The van der Waals surface area contributed by atoms with Gasteiger partial charge in [-0.1, -0.05) is 55.8 Å². The Bertz CT molecular complexity index is 878. The van der Waals surface area contributed by atoms with Crippen LogP contribution >= 0.6 is 11.6 Å². The van der Waals surface area contributed by atoms with Gasteiger partial charge in [0.2, 0.25) is 0 Å². The maximum absolute atomic E-state index is 13.1. The topological polar surface area (TPSA) is 49.3 Å². The molecule has 1 aliphatic rings. The highest BCUT2D eigenvalue weighted by atomic mass is 35.5. The summed E-state index contributed by atoms with van der Waals surface area (Å²) in [7, 11) is 0. The summed E-state index contributed by atoms with van der Waals surface area (Å²) in [5.74, 6) is 0. The number of fused-ring (bicyclic) bond motifs is 1. The van der Waals surface area contributed by atoms with Crippen LogP contribution in [-0.4, -0.2) is 11.2 Å². The van der Waals surface area contributed by atoms with Gasteiger partial charge in [-0.25, -0.2) is 4.79 Å².